The molecule has 30 heavy (non-hydrogen) atoms. The lowest BCUT2D eigenvalue weighted by atomic mass is 10.3. The number of ether oxygens (including phenoxy) is 1. The summed E-state index contributed by atoms with van der Waals surface area (Å²) in [6.45, 7) is 0. The molecule has 0 aliphatic heterocycles. The lowest BCUT2D eigenvalue weighted by Gasteiger charge is -2.13. The Bertz CT molecular complexity index is 1270. The highest BCUT2D eigenvalue weighted by molar-refractivity contribution is 7.99. The molecule has 0 aliphatic rings. The Kier molecular flexibility index (Phi) is 6.08. The monoisotopic (exact) mass is 457 g/mol. The first-order valence-electron chi connectivity index (χ1n) is 8.88. The number of thiophene rings is 1. The van der Waals surface area contributed by atoms with Gasteiger partial charge in [0.25, 0.3) is 5.56 Å². The van der Waals surface area contributed by atoms with Crippen LogP contribution in [0.2, 0.25) is 5.02 Å². The molecule has 0 bridgehead atoms. The van der Waals surface area contributed by atoms with Crippen LogP contribution < -0.4 is 15.6 Å². The molecule has 2 heterocycles. The molecule has 0 fully saturated rings. The second-order valence-electron chi connectivity index (χ2n) is 6.18. The molecule has 0 saturated carbocycles. The summed E-state index contributed by atoms with van der Waals surface area (Å²) in [5, 5.41) is 5.66. The number of hydrogen-bond donors (Lipinski definition) is 1. The molecule has 152 valence electrons. The summed E-state index contributed by atoms with van der Waals surface area (Å²) in [6.07, 6.45) is 0. The number of nitrogens with one attached hydrogen (secondary N) is 1. The summed E-state index contributed by atoms with van der Waals surface area (Å²) in [7, 11) is 1.55. The van der Waals surface area contributed by atoms with Crippen LogP contribution >= 0.6 is 34.7 Å². The Balaban J connectivity index is 1.63. The number of benzene rings is 2. The first-order chi connectivity index (χ1) is 14.6. The summed E-state index contributed by atoms with van der Waals surface area (Å²) in [5.41, 5.74) is 1.66. The van der Waals surface area contributed by atoms with E-state index < -0.39 is 0 Å². The van der Waals surface area contributed by atoms with E-state index in [1.54, 1.807) is 49.6 Å². The number of halogens is 1. The third kappa shape index (κ3) is 4.21. The van der Waals surface area contributed by atoms with E-state index in [1.807, 2.05) is 17.5 Å². The number of amides is 1. The third-order valence-electron chi connectivity index (χ3n) is 4.25. The number of fused-ring (bicyclic) bond motifs is 1. The molecular formula is C21H16ClN3O3S2. The van der Waals surface area contributed by atoms with Crippen LogP contribution in [0, 0.1) is 0 Å². The smallest absolute Gasteiger partial charge is 0.276 e. The first kappa shape index (κ1) is 20.5. The number of anilines is 1. The number of carbonyl (C=O) groups excluding carboxylic acids is 1. The van der Waals surface area contributed by atoms with Gasteiger partial charge in [-0.05, 0) is 47.8 Å². The van der Waals surface area contributed by atoms with E-state index in [9.17, 15) is 9.59 Å². The van der Waals surface area contributed by atoms with Gasteiger partial charge < -0.3 is 10.1 Å². The summed E-state index contributed by atoms with van der Waals surface area (Å²) in [6, 6.07) is 15.9. The zero-order valence-electron chi connectivity index (χ0n) is 15.8. The minimum atomic E-state index is -0.230. The van der Waals surface area contributed by atoms with E-state index in [0.717, 1.165) is 0 Å². The maximum absolute atomic E-state index is 13.1. The summed E-state index contributed by atoms with van der Waals surface area (Å²) < 4.78 is 7.33. The SMILES string of the molecule is COc1ccccc1NC(=O)CSc1nc2ccsc2c(=O)n1-c1ccc(Cl)cc1. The molecule has 2 aromatic heterocycles. The minimum Gasteiger partial charge on any atom is -0.495 e. The number of hydrogen-bond acceptors (Lipinski definition) is 6. The zero-order valence-corrected chi connectivity index (χ0v) is 18.2. The van der Waals surface area contributed by atoms with Gasteiger partial charge in [0.15, 0.2) is 5.16 Å². The molecule has 0 radical (unpaired) electrons. The fourth-order valence-electron chi connectivity index (χ4n) is 2.87. The predicted octanol–water partition coefficient (Wildman–Crippen LogP) is 4.84. The molecule has 0 spiro atoms. The van der Waals surface area contributed by atoms with Gasteiger partial charge in [-0.3, -0.25) is 14.2 Å². The fraction of sp³-hybridized carbons (Fsp3) is 0.0952. The van der Waals surface area contributed by atoms with Gasteiger partial charge in [0, 0.05) is 5.02 Å². The number of methoxy groups -OCH3 is 1. The van der Waals surface area contributed by atoms with Gasteiger partial charge in [0.1, 0.15) is 10.4 Å². The molecule has 0 unspecified atom stereocenters. The van der Waals surface area contributed by atoms with E-state index in [-0.39, 0.29) is 17.2 Å². The second-order valence-corrected chi connectivity index (χ2v) is 8.48. The number of para-hydroxylation sites is 2. The molecule has 1 amide bonds. The van der Waals surface area contributed by atoms with Crippen LogP contribution in [0.1, 0.15) is 0 Å². The average Bonchev–Trinajstić information content (AvgIpc) is 3.23. The lowest BCUT2D eigenvalue weighted by molar-refractivity contribution is -0.113. The van der Waals surface area contributed by atoms with E-state index in [4.69, 9.17) is 16.3 Å². The average molecular weight is 458 g/mol. The standard InChI is InChI=1S/C21H16ClN3O3S2/c1-28-17-5-3-2-4-15(17)23-18(26)12-30-21-24-16-10-11-29-19(16)20(27)25(21)14-8-6-13(22)7-9-14/h2-11H,12H2,1H3,(H,23,26). The van der Waals surface area contributed by atoms with Gasteiger partial charge in [-0.25, -0.2) is 4.98 Å². The van der Waals surface area contributed by atoms with Gasteiger partial charge in [0.2, 0.25) is 5.91 Å². The van der Waals surface area contributed by atoms with Crippen molar-refractivity contribution in [2.75, 3.05) is 18.2 Å². The topological polar surface area (TPSA) is 73.2 Å². The highest BCUT2D eigenvalue weighted by atomic mass is 35.5. The molecule has 9 heteroatoms. The number of nitrogens with zero attached hydrogens (tertiary/aromatic N) is 2. The maximum atomic E-state index is 13.1. The van der Waals surface area contributed by atoms with Crippen molar-refractivity contribution in [2.24, 2.45) is 0 Å². The molecule has 0 aliphatic carbocycles. The number of thioether (sulfide) groups is 1. The molecule has 2 aromatic carbocycles. The van der Waals surface area contributed by atoms with Crippen LogP contribution in [0.25, 0.3) is 15.9 Å². The highest BCUT2D eigenvalue weighted by Gasteiger charge is 2.16. The molecule has 6 nitrogen and oxygen atoms in total. The number of aromatic nitrogens is 2. The normalized spacial score (nSPS) is 10.9. The Hall–Kier alpha value is -2.81. The Morgan fingerprint density at radius 2 is 1.97 bits per heavy atom. The van der Waals surface area contributed by atoms with E-state index in [2.05, 4.69) is 10.3 Å². The maximum Gasteiger partial charge on any atom is 0.276 e. The zero-order chi connectivity index (χ0) is 21.1. The van der Waals surface area contributed by atoms with Crippen molar-refractivity contribution in [3.8, 4) is 11.4 Å². The summed E-state index contributed by atoms with van der Waals surface area (Å²) in [5.74, 6) is 0.423. The molecular weight excluding hydrogens is 442 g/mol. The Labute approximate surface area is 185 Å². The van der Waals surface area contributed by atoms with Gasteiger partial charge in [-0.2, -0.15) is 0 Å². The first-order valence-corrected chi connectivity index (χ1v) is 11.1. The van der Waals surface area contributed by atoms with E-state index in [1.165, 1.54) is 27.7 Å². The van der Waals surface area contributed by atoms with Crippen LogP contribution in [0.5, 0.6) is 5.75 Å². The fourth-order valence-corrected chi connectivity index (χ4v) is 4.57. The van der Waals surface area contributed by atoms with Crippen molar-refractivity contribution in [2.45, 2.75) is 5.16 Å². The van der Waals surface area contributed by atoms with Crippen LogP contribution in [0.15, 0.2) is 69.9 Å². The van der Waals surface area contributed by atoms with Crippen LogP contribution in [-0.2, 0) is 4.79 Å². The quantitative estimate of drug-likeness (QED) is 0.331. The van der Waals surface area contributed by atoms with Gasteiger partial charge in [-0.1, -0.05) is 35.5 Å². The highest BCUT2D eigenvalue weighted by Crippen LogP contribution is 2.26. The van der Waals surface area contributed by atoms with E-state index in [0.29, 0.717) is 37.5 Å². The Morgan fingerprint density at radius 1 is 1.20 bits per heavy atom. The van der Waals surface area contributed by atoms with Crippen molar-refractivity contribution in [3.63, 3.8) is 0 Å². The van der Waals surface area contributed by atoms with Crippen molar-refractivity contribution < 1.29 is 9.53 Å². The molecule has 0 atom stereocenters. The number of rotatable bonds is 6. The van der Waals surface area contributed by atoms with Crippen LogP contribution in [0.3, 0.4) is 0 Å². The summed E-state index contributed by atoms with van der Waals surface area (Å²) >= 11 is 8.52. The molecule has 4 rings (SSSR count). The van der Waals surface area contributed by atoms with Crippen LogP contribution in [0.4, 0.5) is 5.69 Å². The van der Waals surface area contributed by atoms with Gasteiger partial charge >= 0.3 is 0 Å². The molecule has 1 N–H and O–H groups in total. The van der Waals surface area contributed by atoms with Gasteiger partial charge in [0.05, 0.1) is 29.8 Å². The van der Waals surface area contributed by atoms with Crippen molar-refractivity contribution in [3.05, 3.63) is 75.4 Å². The molecule has 4 aromatic rings. The van der Waals surface area contributed by atoms with Gasteiger partial charge in [-0.15, -0.1) is 11.3 Å². The minimum absolute atomic E-state index is 0.0771. The molecule has 0 saturated heterocycles. The lowest BCUT2D eigenvalue weighted by Crippen LogP contribution is -2.22. The Morgan fingerprint density at radius 3 is 2.73 bits per heavy atom. The van der Waals surface area contributed by atoms with Crippen molar-refractivity contribution in [1.29, 1.82) is 0 Å². The van der Waals surface area contributed by atoms with Crippen molar-refractivity contribution >= 4 is 56.5 Å². The third-order valence-corrected chi connectivity index (χ3v) is 6.33. The predicted molar refractivity (Wildman–Crippen MR) is 123 cm³/mol. The number of carbonyl (C=O) groups is 1. The summed E-state index contributed by atoms with van der Waals surface area (Å²) in [4.78, 5) is 30.2. The largest absolute Gasteiger partial charge is 0.495 e. The second kappa shape index (κ2) is 8.91. The van der Waals surface area contributed by atoms with Crippen LogP contribution in [-0.4, -0.2) is 28.3 Å². The van der Waals surface area contributed by atoms with Crippen molar-refractivity contribution in [1.82, 2.24) is 9.55 Å². The van der Waals surface area contributed by atoms with E-state index >= 15 is 0 Å².